The van der Waals surface area contributed by atoms with Gasteiger partial charge in [0.25, 0.3) is 15.9 Å². The van der Waals surface area contributed by atoms with Crippen molar-refractivity contribution in [3.8, 4) is 0 Å². The van der Waals surface area contributed by atoms with Crippen molar-refractivity contribution in [2.75, 3.05) is 10.8 Å². The Hall–Kier alpha value is -3.45. The zero-order valence-electron chi connectivity index (χ0n) is 15.9. The molecule has 0 unspecified atom stereocenters. The monoisotopic (exact) mass is 407 g/mol. The molecule has 0 aromatic heterocycles. The summed E-state index contributed by atoms with van der Waals surface area (Å²) in [6.07, 6.45) is 1.50. The summed E-state index contributed by atoms with van der Waals surface area (Å²) in [5.41, 5.74) is 4.40. The Balaban J connectivity index is 1.85. The molecule has 3 aromatic carbocycles. The molecule has 0 aliphatic carbocycles. The molecule has 0 saturated heterocycles. The Labute approximate surface area is 170 Å². The second kappa shape index (κ2) is 9.16. The summed E-state index contributed by atoms with van der Waals surface area (Å²) in [5.74, 6) is -0.542. The van der Waals surface area contributed by atoms with Crippen LogP contribution in [0.4, 0.5) is 5.69 Å². The van der Waals surface area contributed by atoms with E-state index >= 15 is 0 Å². The predicted octanol–water partition coefficient (Wildman–Crippen LogP) is 3.34. The third kappa shape index (κ3) is 5.08. The molecule has 6 nitrogen and oxygen atoms in total. The molecule has 0 spiro atoms. The molecule has 0 heterocycles. The Morgan fingerprint density at radius 3 is 2.17 bits per heavy atom. The van der Waals surface area contributed by atoms with Crippen molar-refractivity contribution in [2.24, 2.45) is 5.10 Å². The lowest BCUT2D eigenvalue weighted by molar-refractivity contribution is -0.119. The first-order chi connectivity index (χ1) is 14.0. The van der Waals surface area contributed by atoms with E-state index in [0.29, 0.717) is 5.69 Å². The van der Waals surface area contributed by atoms with E-state index in [4.69, 9.17) is 0 Å². The zero-order chi connectivity index (χ0) is 20.7. The van der Waals surface area contributed by atoms with Gasteiger partial charge in [0.1, 0.15) is 6.54 Å². The van der Waals surface area contributed by atoms with Gasteiger partial charge in [0, 0.05) is 0 Å². The minimum Gasteiger partial charge on any atom is -0.271 e. The van der Waals surface area contributed by atoms with E-state index in [1.54, 1.807) is 43.3 Å². The number of carbonyl (C=O) groups is 1. The van der Waals surface area contributed by atoms with Crippen LogP contribution in [0.15, 0.2) is 94.9 Å². The molecule has 0 aliphatic heterocycles. The van der Waals surface area contributed by atoms with Crippen LogP contribution in [-0.4, -0.2) is 27.1 Å². The number of amides is 1. The molecule has 1 N–H and O–H groups in total. The average Bonchev–Trinajstić information content (AvgIpc) is 2.74. The van der Waals surface area contributed by atoms with Crippen molar-refractivity contribution >= 4 is 27.8 Å². The Morgan fingerprint density at radius 1 is 0.931 bits per heavy atom. The number of aryl methyl sites for hydroxylation is 1. The number of carbonyl (C=O) groups excluding carboxylic acids is 1. The first-order valence-corrected chi connectivity index (χ1v) is 10.4. The Bertz CT molecular complexity index is 1100. The van der Waals surface area contributed by atoms with Crippen molar-refractivity contribution in [2.45, 2.75) is 11.8 Å². The molecule has 148 valence electrons. The molecule has 3 rings (SSSR count). The lowest BCUT2D eigenvalue weighted by Gasteiger charge is -2.25. The summed E-state index contributed by atoms with van der Waals surface area (Å²) in [6.45, 7) is 1.41. The maximum atomic E-state index is 13.2. The molecule has 0 radical (unpaired) electrons. The number of nitrogens with one attached hydrogen (secondary N) is 1. The third-order valence-electron chi connectivity index (χ3n) is 4.21. The number of benzene rings is 3. The molecule has 1 amide bonds. The van der Waals surface area contributed by atoms with Crippen LogP contribution in [0.25, 0.3) is 0 Å². The summed E-state index contributed by atoms with van der Waals surface area (Å²) < 4.78 is 27.5. The number of hydrogen-bond acceptors (Lipinski definition) is 4. The quantitative estimate of drug-likeness (QED) is 0.482. The van der Waals surface area contributed by atoms with Crippen molar-refractivity contribution in [3.63, 3.8) is 0 Å². The van der Waals surface area contributed by atoms with Crippen LogP contribution in [0.5, 0.6) is 0 Å². The van der Waals surface area contributed by atoms with E-state index in [1.165, 1.54) is 18.3 Å². The maximum Gasteiger partial charge on any atom is 0.264 e. The van der Waals surface area contributed by atoms with Gasteiger partial charge in [0.2, 0.25) is 0 Å². The summed E-state index contributed by atoms with van der Waals surface area (Å²) in [4.78, 5) is 12.6. The van der Waals surface area contributed by atoms with Gasteiger partial charge in [0.05, 0.1) is 16.8 Å². The van der Waals surface area contributed by atoms with Gasteiger partial charge in [-0.3, -0.25) is 9.10 Å². The normalized spacial score (nSPS) is 11.3. The van der Waals surface area contributed by atoms with Gasteiger partial charge in [-0.15, -0.1) is 0 Å². The van der Waals surface area contributed by atoms with Crippen LogP contribution < -0.4 is 9.73 Å². The number of hydrogen-bond donors (Lipinski definition) is 1. The molecule has 0 bridgehead atoms. The number of nitrogens with zero attached hydrogens (tertiary/aromatic N) is 2. The van der Waals surface area contributed by atoms with Crippen LogP contribution in [0.2, 0.25) is 0 Å². The molecule has 0 aliphatic rings. The highest BCUT2D eigenvalue weighted by atomic mass is 32.2. The summed E-state index contributed by atoms with van der Waals surface area (Å²) >= 11 is 0. The van der Waals surface area contributed by atoms with Crippen LogP contribution in [0.1, 0.15) is 11.1 Å². The van der Waals surface area contributed by atoms with Crippen molar-refractivity contribution in [3.05, 3.63) is 96.1 Å². The van der Waals surface area contributed by atoms with E-state index < -0.39 is 22.5 Å². The molecular weight excluding hydrogens is 386 g/mol. The van der Waals surface area contributed by atoms with Crippen LogP contribution in [0, 0.1) is 6.92 Å². The lowest BCUT2D eigenvalue weighted by Crippen LogP contribution is -2.40. The largest absolute Gasteiger partial charge is 0.271 e. The fourth-order valence-corrected chi connectivity index (χ4v) is 4.25. The van der Waals surface area contributed by atoms with E-state index in [9.17, 15) is 13.2 Å². The van der Waals surface area contributed by atoms with Crippen LogP contribution in [0.3, 0.4) is 0 Å². The van der Waals surface area contributed by atoms with Crippen LogP contribution >= 0.6 is 0 Å². The van der Waals surface area contributed by atoms with Gasteiger partial charge in [-0.2, -0.15) is 5.10 Å². The molecular formula is C22H21N3O3S. The number of sulfonamides is 1. The van der Waals surface area contributed by atoms with Gasteiger partial charge >= 0.3 is 0 Å². The fraction of sp³-hybridized carbons (Fsp3) is 0.0909. The SMILES string of the molecule is Cc1ccccc1N(CC(=O)N/N=C/c1ccccc1)S(=O)(=O)c1ccccc1. The average molecular weight is 407 g/mol. The van der Waals surface area contributed by atoms with Gasteiger partial charge in [-0.25, -0.2) is 13.8 Å². The lowest BCUT2D eigenvalue weighted by atomic mass is 10.2. The molecule has 0 saturated carbocycles. The van der Waals surface area contributed by atoms with Gasteiger partial charge in [0.15, 0.2) is 0 Å². The smallest absolute Gasteiger partial charge is 0.264 e. The topological polar surface area (TPSA) is 78.8 Å². The second-order valence-corrected chi connectivity index (χ2v) is 8.18. The van der Waals surface area contributed by atoms with Gasteiger partial charge in [-0.1, -0.05) is 66.7 Å². The highest BCUT2D eigenvalue weighted by Gasteiger charge is 2.27. The summed E-state index contributed by atoms with van der Waals surface area (Å²) in [6, 6.07) is 24.3. The second-order valence-electron chi connectivity index (χ2n) is 6.32. The van der Waals surface area contributed by atoms with E-state index in [0.717, 1.165) is 15.4 Å². The number of hydrazone groups is 1. The molecule has 3 aromatic rings. The molecule has 29 heavy (non-hydrogen) atoms. The molecule has 7 heteroatoms. The van der Waals surface area contributed by atoms with E-state index in [-0.39, 0.29) is 4.90 Å². The minimum absolute atomic E-state index is 0.115. The Morgan fingerprint density at radius 2 is 1.52 bits per heavy atom. The minimum atomic E-state index is -3.93. The highest BCUT2D eigenvalue weighted by molar-refractivity contribution is 7.92. The standard InChI is InChI=1S/C22H21N3O3S/c1-18-10-8-9-15-21(18)25(29(27,28)20-13-6-3-7-14-20)17-22(26)24-23-16-19-11-4-2-5-12-19/h2-16H,17H2,1H3,(H,24,26)/b23-16+. The van der Waals surface area contributed by atoms with E-state index in [1.807, 2.05) is 36.4 Å². The first-order valence-electron chi connectivity index (χ1n) is 8.99. The zero-order valence-corrected chi connectivity index (χ0v) is 16.7. The summed E-state index contributed by atoms with van der Waals surface area (Å²) in [7, 11) is -3.93. The predicted molar refractivity (Wildman–Crippen MR) is 114 cm³/mol. The number of anilines is 1. The van der Waals surface area contributed by atoms with Crippen molar-refractivity contribution in [1.29, 1.82) is 0 Å². The third-order valence-corrected chi connectivity index (χ3v) is 5.98. The molecule has 0 fully saturated rings. The van der Waals surface area contributed by atoms with Crippen molar-refractivity contribution in [1.82, 2.24) is 5.43 Å². The first kappa shape index (κ1) is 20.3. The number of rotatable bonds is 7. The number of para-hydroxylation sites is 1. The summed E-state index contributed by atoms with van der Waals surface area (Å²) in [5, 5.41) is 3.92. The maximum absolute atomic E-state index is 13.2. The highest BCUT2D eigenvalue weighted by Crippen LogP contribution is 2.26. The van der Waals surface area contributed by atoms with E-state index in [2.05, 4.69) is 10.5 Å². The Kier molecular flexibility index (Phi) is 6.41. The molecule has 0 atom stereocenters. The van der Waals surface area contributed by atoms with Gasteiger partial charge < -0.3 is 0 Å². The fourth-order valence-electron chi connectivity index (χ4n) is 2.75. The van der Waals surface area contributed by atoms with Crippen LogP contribution in [-0.2, 0) is 14.8 Å². The van der Waals surface area contributed by atoms with Gasteiger partial charge in [-0.05, 0) is 36.2 Å². The van der Waals surface area contributed by atoms with Crippen molar-refractivity contribution < 1.29 is 13.2 Å².